The van der Waals surface area contributed by atoms with Crippen LogP contribution < -0.4 is 5.32 Å². The van der Waals surface area contributed by atoms with Crippen molar-refractivity contribution in [3.8, 4) is 0 Å². The lowest BCUT2D eigenvalue weighted by atomic mass is 9.93. The van der Waals surface area contributed by atoms with E-state index in [2.05, 4.69) is 23.5 Å². The maximum Gasteiger partial charge on any atom is 0.129 e. The predicted molar refractivity (Wildman–Crippen MR) is 82.8 cm³/mol. The van der Waals surface area contributed by atoms with Crippen LogP contribution in [0.15, 0.2) is 36.4 Å². The number of halogens is 2. The molecule has 1 atom stereocenters. The van der Waals surface area contributed by atoms with Crippen molar-refractivity contribution in [3.05, 3.63) is 69.5 Å². The zero-order valence-electron chi connectivity index (χ0n) is 12.0. The van der Waals surface area contributed by atoms with Crippen molar-refractivity contribution in [2.75, 3.05) is 6.54 Å². The monoisotopic (exact) mass is 291 g/mol. The third-order valence-corrected chi connectivity index (χ3v) is 3.77. The lowest BCUT2D eigenvalue weighted by Crippen LogP contribution is -2.24. The Morgan fingerprint density at radius 2 is 1.95 bits per heavy atom. The Hall–Kier alpha value is -1.38. The second-order valence-electron chi connectivity index (χ2n) is 4.99. The van der Waals surface area contributed by atoms with Gasteiger partial charge in [-0.15, -0.1) is 0 Å². The Morgan fingerprint density at radius 3 is 2.60 bits per heavy atom. The third-order valence-electron chi connectivity index (χ3n) is 3.44. The van der Waals surface area contributed by atoms with Gasteiger partial charge in [0.05, 0.1) is 6.04 Å². The van der Waals surface area contributed by atoms with Crippen molar-refractivity contribution < 1.29 is 4.39 Å². The fourth-order valence-electron chi connectivity index (χ4n) is 2.43. The van der Waals surface area contributed by atoms with Crippen molar-refractivity contribution in [2.24, 2.45) is 0 Å². The van der Waals surface area contributed by atoms with Gasteiger partial charge >= 0.3 is 0 Å². The van der Waals surface area contributed by atoms with E-state index in [1.807, 2.05) is 20.8 Å². The third kappa shape index (κ3) is 3.02. The van der Waals surface area contributed by atoms with E-state index in [0.717, 1.165) is 23.2 Å². The highest BCUT2D eigenvalue weighted by Gasteiger charge is 2.21. The molecule has 1 unspecified atom stereocenters. The summed E-state index contributed by atoms with van der Waals surface area (Å²) in [4.78, 5) is 0. The highest BCUT2D eigenvalue weighted by atomic mass is 35.5. The number of nitrogens with one attached hydrogen (secondary N) is 1. The summed E-state index contributed by atoms with van der Waals surface area (Å²) in [6.45, 7) is 6.82. The second kappa shape index (κ2) is 6.38. The molecule has 3 heteroatoms. The first-order chi connectivity index (χ1) is 9.54. The summed E-state index contributed by atoms with van der Waals surface area (Å²) in [5.41, 5.74) is 3.87. The van der Waals surface area contributed by atoms with Gasteiger partial charge in [0.25, 0.3) is 0 Å². The molecule has 106 valence electrons. The molecule has 0 saturated carbocycles. The molecule has 0 aliphatic heterocycles. The number of benzene rings is 2. The van der Waals surface area contributed by atoms with Crippen LogP contribution in [0.4, 0.5) is 4.39 Å². The molecule has 1 N–H and O–H groups in total. The van der Waals surface area contributed by atoms with Gasteiger partial charge in [-0.05, 0) is 43.7 Å². The summed E-state index contributed by atoms with van der Waals surface area (Å²) in [7, 11) is 0. The molecule has 0 spiro atoms. The molecule has 0 bridgehead atoms. The average Bonchev–Trinajstić information content (AvgIpc) is 2.40. The number of rotatable bonds is 4. The lowest BCUT2D eigenvalue weighted by Gasteiger charge is -2.23. The number of hydrogen-bond donors (Lipinski definition) is 1. The minimum Gasteiger partial charge on any atom is -0.306 e. The standard InChI is InChI=1S/C17H19ClFN/c1-4-20-17(13-10-11(2)8-9-12(13)3)16-14(18)6-5-7-15(16)19/h5-10,17,20H,4H2,1-3H3. The Balaban J connectivity index is 2.59. The van der Waals surface area contributed by atoms with Gasteiger partial charge in [-0.1, -0.05) is 48.4 Å². The normalized spacial score (nSPS) is 12.4. The number of aryl methyl sites for hydroxylation is 2. The summed E-state index contributed by atoms with van der Waals surface area (Å²) >= 11 is 6.22. The highest BCUT2D eigenvalue weighted by Crippen LogP contribution is 2.32. The maximum absolute atomic E-state index is 14.2. The first-order valence-corrected chi connectivity index (χ1v) is 7.16. The molecule has 0 heterocycles. The van der Waals surface area contributed by atoms with Crippen LogP contribution in [0, 0.1) is 19.7 Å². The van der Waals surface area contributed by atoms with Crippen LogP contribution in [0.1, 0.15) is 35.2 Å². The van der Waals surface area contributed by atoms with Crippen molar-refractivity contribution in [1.29, 1.82) is 0 Å². The Kier molecular flexibility index (Phi) is 4.79. The minimum absolute atomic E-state index is 0.228. The Bertz CT molecular complexity index is 590. The average molecular weight is 292 g/mol. The summed E-state index contributed by atoms with van der Waals surface area (Å²) in [6.07, 6.45) is 0. The summed E-state index contributed by atoms with van der Waals surface area (Å²) in [5.74, 6) is -0.274. The molecule has 0 aliphatic carbocycles. The van der Waals surface area contributed by atoms with Crippen LogP contribution in [0.3, 0.4) is 0 Å². The van der Waals surface area contributed by atoms with Gasteiger partial charge in [-0.2, -0.15) is 0 Å². The summed E-state index contributed by atoms with van der Waals surface area (Å²) < 4.78 is 14.2. The highest BCUT2D eigenvalue weighted by molar-refractivity contribution is 6.31. The fraction of sp³-hybridized carbons (Fsp3) is 0.294. The van der Waals surface area contributed by atoms with Crippen LogP contribution in [0.2, 0.25) is 5.02 Å². The molecular formula is C17H19ClFN. The van der Waals surface area contributed by atoms with Crippen molar-refractivity contribution in [3.63, 3.8) is 0 Å². The van der Waals surface area contributed by atoms with Gasteiger partial charge in [0.2, 0.25) is 0 Å². The lowest BCUT2D eigenvalue weighted by molar-refractivity contribution is 0.558. The minimum atomic E-state index is -0.274. The van der Waals surface area contributed by atoms with Crippen molar-refractivity contribution >= 4 is 11.6 Å². The van der Waals surface area contributed by atoms with Gasteiger partial charge in [0.1, 0.15) is 5.82 Å². The quantitative estimate of drug-likeness (QED) is 0.853. The van der Waals surface area contributed by atoms with E-state index in [4.69, 9.17) is 11.6 Å². The van der Waals surface area contributed by atoms with E-state index < -0.39 is 0 Å². The molecule has 0 aromatic heterocycles. The molecule has 0 saturated heterocycles. The van der Waals surface area contributed by atoms with Gasteiger partial charge in [0.15, 0.2) is 0 Å². The molecular weight excluding hydrogens is 273 g/mol. The molecule has 0 fully saturated rings. The Morgan fingerprint density at radius 1 is 1.20 bits per heavy atom. The van der Waals surface area contributed by atoms with Gasteiger partial charge in [0, 0.05) is 10.6 Å². The zero-order chi connectivity index (χ0) is 14.7. The van der Waals surface area contributed by atoms with Crippen LogP contribution in [0.25, 0.3) is 0 Å². The smallest absolute Gasteiger partial charge is 0.129 e. The first kappa shape index (κ1) is 15.0. The van der Waals surface area contributed by atoms with Gasteiger partial charge < -0.3 is 5.32 Å². The van der Waals surface area contributed by atoms with E-state index in [9.17, 15) is 4.39 Å². The van der Waals surface area contributed by atoms with E-state index in [0.29, 0.717) is 10.6 Å². The van der Waals surface area contributed by atoms with E-state index in [1.54, 1.807) is 12.1 Å². The molecule has 0 radical (unpaired) electrons. The topological polar surface area (TPSA) is 12.0 Å². The molecule has 0 amide bonds. The van der Waals surface area contributed by atoms with Crippen LogP contribution in [-0.2, 0) is 0 Å². The largest absolute Gasteiger partial charge is 0.306 e. The second-order valence-corrected chi connectivity index (χ2v) is 5.39. The van der Waals surface area contributed by atoms with Crippen LogP contribution >= 0.6 is 11.6 Å². The predicted octanol–water partition coefficient (Wildman–Crippen LogP) is 4.79. The van der Waals surface area contributed by atoms with E-state index in [1.165, 1.54) is 6.07 Å². The SMILES string of the molecule is CCNC(c1cc(C)ccc1C)c1c(F)cccc1Cl. The fourth-order valence-corrected chi connectivity index (χ4v) is 2.70. The first-order valence-electron chi connectivity index (χ1n) is 6.79. The maximum atomic E-state index is 14.2. The van der Waals surface area contributed by atoms with Crippen LogP contribution in [0.5, 0.6) is 0 Å². The van der Waals surface area contributed by atoms with Crippen molar-refractivity contribution in [2.45, 2.75) is 26.8 Å². The summed E-state index contributed by atoms with van der Waals surface area (Å²) in [6, 6.07) is 10.8. The number of hydrogen-bond acceptors (Lipinski definition) is 1. The van der Waals surface area contributed by atoms with E-state index >= 15 is 0 Å². The molecule has 0 aliphatic rings. The molecule has 2 aromatic rings. The molecule has 2 aromatic carbocycles. The van der Waals surface area contributed by atoms with Crippen LogP contribution in [-0.4, -0.2) is 6.54 Å². The van der Waals surface area contributed by atoms with Gasteiger partial charge in [-0.3, -0.25) is 0 Å². The van der Waals surface area contributed by atoms with Gasteiger partial charge in [-0.25, -0.2) is 4.39 Å². The van der Waals surface area contributed by atoms with Crippen molar-refractivity contribution in [1.82, 2.24) is 5.32 Å². The summed E-state index contributed by atoms with van der Waals surface area (Å²) in [5, 5.41) is 3.80. The molecule has 20 heavy (non-hydrogen) atoms. The van der Waals surface area contributed by atoms with E-state index in [-0.39, 0.29) is 11.9 Å². The molecule has 2 rings (SSSR count). The molecule has 1 nitrogen and oxygen atoms in total. The Labute approximate surface area is 124 Å². The zero-order valence-corrected chi connectivity index (χ0v) is 12.8.